The lowest BCUT2D eigenvalue weighted by Gasteiger charge is -1.97. The predicted octanol–water partition coefficient (Wildman–Crippen LogP) is 2.15. The lowest BCUT2D eigenvalue weighted by atomic mass is 10.2. The molecule has 0 aliphatic rings. The van der Waals surface area contributed by atoms with Crippen molar-refractivity contribution in [2.24, 2.45) is 0 Å². The van der Waals surface area contributed by atoms with Gasteiger partial charge in [0.05, 0.1) is 5.02 Å². The van der Waals surface area contributed by atoms with Crippen LogP contribution in [0.4, 0.5) is 0 Å². The van der Waals surface area contributed by atoms with Crippen LogP contribution in [0.25, 0.3) is 0 Å². The molecule has 1 radical (unpaired) electrons. The summed E-state index contributed by atoms with van der Waals surface area (Å²) in [5, 5.41) is 0.669. The quantitative estimate of drug-likeness (QED) is 0.538. The molecular formula is C7H7ClN. The molecule has 47 valence electrons. The standard InChI is InChI=1S/C7H7ClN/c1-5-6(2)9-4-3-7(5)8/h4H,1-2H3. The van der Waals surface area contributed by atoms with E-state index in [0.29, 0.717) is 5.02 Å². The Hall–Kier alpha value is -0.560. The minimum absolute atomic E-state index is 0.669. The first-order chi connectivity index (χ1) is 4.22. The molecular weight excluding hydrogens is 134 g/mol. The van der Waals surface area contributed by atoms with Gasteiger partial charge in [-0.25, -0.2) is 0 Å². The van der Waals surface area contributed by atoms with Gasteiger partial charge in [-0.15, -0.1) is 0 Å². The zero-order valence-corrected chi connectivity index (χ0v) is 6.16. The van der Waals surface area contributed by atoms with Gasteiger partial charge in [0.15, 0.2) is 0 Å². The summed E-state index contributed by atoms with van der Waals surface area (Å²) in [7, 11) is 0. The molecule has 0 aliphatic carbocycles. The van der Waals surface area contributed by atoms with Gasteiger partial charge in [-0.1, -0.05) is 11.6 Å². The Balaban J connectivity index is 3.25. The van der Waals surface area contributed by atoms with E-state index in [4.69, 9.17) is 11.6 Å². The summed E-state index contributed by atoms with van der Waals surface area (Å²) in [6.07, 6.45) is 1.59. The molecule has 0 aromatic carbocycles. The molecule has 1 heterocycles. The highest BCUT2D eigenvalue weighted by molar-refractivity contribution is 6.31. The second kappa shape index (κ2) is 2.36. The van der Waals surface area contributed by atoms with Crippen molar-refractivity contribution in [2.45, 2.75) is 13.8 Å². The third-order valence-electron chi connectivity index (χ3n) is 1.32. The molecule has 1 aromatic rings. The van der Waals surface area contributed by atoms with Gasteiger partial charge in [0.1, 0.15) is 0 Å². The summed E-state index contributed by atoms with van der Waals surface area (Å²) >= 11 is 5.72. The van der Waals surface area contributed by atoms with Gasteiger partial charge in [0.2, 0.25) is 0 Å². The summed E-state index contributed by atoms with van der Waals surface area (Å²) in [6.45, 7) is 3.86. The van der Waals surface area contributed by atoms with Crippen LogP contribution in [-0.2, 0) is 0 Å². The van der Waals surface area contributed by atoms with Crippen molar-refractivity contribution >= 4 is 11.6 Å². The van der Waals surface area contributed by atoms with Crippen LogP contribution >= 0.6 is 11.6 Å². The lowest BCUT2D eigenvalue weighted by molar-refractivity contribution is 1.15. The molecule has 0 bridgehead atoms. The largest absolute Gasteiger partial charge is 0.261 e. The first-order valence-corrected chi connectivity index (χ1v) is 3.09. The van der Waals surface area contributed by atoms with Crippen LogP contribution in [0.15, 0.2) is 6.20 Å². The number of rotatable bonds is 0. The van der Waals surface area contributed by atoms with Gasteiger partial charge < -0.3 is 0 Å². The summed E-state index contributed by atoms with van der Waals surface area (Å²) in [5.41, 5.74) is 1.98. The summed E-state index contributed by atoms with van der Waals surface area (Å²) in [5.74, 6) is 0. The van der Waals surface area contributed by atoms with Crippen molar-refractivity contribution in [1.29, 1.82) is 0 Å². The molecule has 0 fully saturated rings. The second-order valence-corrected chi connectivity index (χ2v) is 2.30. The Morgan fingerprint density at radius 3 is 2.67 bits per heavy atom. The average molecular weight is 141 g/mol. The molecule has 0 spiro atoms. The highest BCUT2D eigenvalue weighted by atomic mass is 35.5. The number of nitrogens with zero attached hydrogens (tertiary/aromatic N) is 1. The van der Waals surface area contributed by atoms with E-state index in [9.17, 15) is 0 Å². The lowest BCUT2D eigenvalue weighted by Crippen LogP contribution is -1.85. The first-order valence-electron chi connectivity index (χ1n) is 2.71. The maximum absolute atomic E-state index is 5.72. The summed E-state index contributed by atoms with van der Waals surface area (Å²) < 4.78 is 0. The maximum atomic E-state index is 5.72. The molecule has 0 aliphatic heterocycles. The monoisotopic (exact) mass is 140 g/mol. The van der Waals surface area contributed by atoms with Gasteiger partial charge in [0, 0.05) is 18.0 Å². The van der Waals surface area contributed by atoms with E-state index in [0.717, 1.165) is 11.3 Å². The van der Waals surface area contributed by atoms with E-state index < -0.39 is 0 Å². The summed E-state index contributed by atoms with van der Waals surface area (Å²) in [6, 6.07) is 2.79. The van der Waals surface area contributed by atoms with Crippen molar-refractivity contribution in [3.05, 3.63) is 28.5 Å². The molecule has 0 unspecified atom stereocenters. The van der Waals surface area contributed by atoms with E-state index in [1.165, 1.54) is 0 Å². The highest BCUT2D eigenvalue weighted by Crippen LogP contribution is 2.14. The van der Waals surface area contributed by atoms with Gasteiger partial charge >= 0.3 is 0 Å². The SMILES string of the molecule is Cc1nc[c]c(Cl)c1C. The molecule has 0 N–H and O–H groups in total. The van der Waals surface area contributed by atoms with Crippen LogP contribution in [0.1, 0.15) is 11.3 Å². The first kappa shape index (κ1) is 6.56. The molecule has 1 nitrogen and oxygen atoms in total. The van der Waals surface area contributed by atoms with E-state index in [2.05, 4.69) is 11.1 Å². The van der Waals surface area contributed by atoms with E-state index in [1.807, 2.05) is 13.8 Å². The molecule has 1 rings (SSSR count). The average Bonchev–Trinajstić information content (AvgIpc) is 1.83. The fraction of sp³-hybridized carbons (Fsp3) is 0.286. The van der Waals surface area contributed by atoms with Gasteiger partial charge in [-0.2, -0.15) is 0 Å². The Bertz CT molecular complexity index is 200. The summed E-state index contributed by atoms with van der Waals surface area (Å²) in [4.78, 5) is 4.00. The number of aryl methyl sites for hydroxylation is 1. The zero-order chi connectivity index (χ0) is 6.85. The Labute approximate surface area is 59.7 Å². The molecule has 0 saturated heterocycles. The minimum Gasteiger partial charge on any atom is -0.261 e. The molecule has 9 heavy (non-hydrogen) atoms. The minimum atomic E-state index is 0.669. The predicted molar refractivity (Wildman–Crippen MR) is 37.6 cm³/mol. The van der Waals surface area contributed by atoms with Crippen molar-refractivity contribution in [3.8, 4) is 0 Å². The maximum Gasteiger partial charge on any atom is 0.0548 e. The molecule has 0 amide bonds. The van der Waals surface area contributed by atoms with Crippen molar-refractivity contribution in [2.75, 3.05) is 0 Å². The Kier molecular flexibility index (Phi) is 1.72. The number of hydrogen-bond acceptors (Lipinski definition) is 1. The Morgan fingerprint density at radius 2 is 2.22 bits per heavy atom. The zero-order valence-electron chi connectivity index (χ0n) is 5.40. The van der Waals surface area contributed by atoms with Crippen LogP contribution in [0.3, 0.4) is 0 Å². The topological polar surface area (TPSA) is 12.9 Å². The Morgan fingerprint density at radius 1 is 1.56 bits per heavy atom. The van der Waals surface area contributed by atoms with Crippen LogP contribution < -0.4 is 0 Å². The molecule has 0 saturated carbocycles. The van der Waals surface area contributed by atoms with Crippen molar-refractivity contribution in [3.63, 3.8) is 0 Å². The number of halogens is 1. The third-order valence-corrected chi connectivity index (χ3v) is 1.71. The van der Waals surface area contributed by atoms with Crippen LogP contribution in [0, 0.1) is 19.9 Å². The van der Waals surface area contributed by atoms with Crippen LogP contribution in [0.2, 0.25) is 5.02 Å². The van der Waals surface area contributed by atoms with Crippen LogP contribution in [0.5, 0.6) is 0 Å². The van der Waals surface area contributed by atoms with Crippen molar-refractivity contribution < 1.29 is 0 Å². The fourth-order valence-corrected chi connectivity index (χ4v) is 0.735. The highest BCUT2D eigenvalue weighted by Gasteiger charge is 1.96. The van der Waals surface area contributed by atoms with E-state index in [-0.39, 0.29) is 0 Å². The molecule has 2 heteroatoms. The van der Waals surface area contributed by atoms with Gasteiger partial charge in [-0.3, -0.25) is 4.98 Å². The smallest absolute Gasteiger partial charge is 0.0548 e. The fourth-order valence-electron chi connectivity index (χ4n) is 0.550. The molecule has 0 atom stereocenters. The third kappa shape index (κ3) is 1.22. The second-order valence-electron chi connectivity index (χ2n) is 1.93. The van der Waals surface area contributed by atoms with Crippen molar-refractivity contribution in [1.82, 2.24) is 4.98 Å². The normalized spacial score (nSPS) is 9.67. The van der Waals surface area contributed by atoms with Gasteiger partial charge in [0.25, 0.3) is 0 Å². The van der Waals surface area contributed by atoms with E-state index in [1.54, 1.807) is 6.20 Å². The van der Waals surface area contributed by atoms with Crippen LogP contribution in [-0.4, -0.2) is 4.98 Å². The number of pyridine rings is 1. The van der Waals surface area contributed by atoms with E-state index >= 15 is 0 Å². The number of hydrogen-bond donors (Lipinski definition) is 0. The molecule has 1 aromatic heterocycles. The number of aromatic nitrogens is 1. The van der Waals surface area contributed by atoms with Gasteiger partial charge in [-0.05, 0) is 19.4 Å².